The predicted octanol–water partition coefficient (Wildman–Crippen LogP) is 2.80. The van der Waals surface area contributed by atoms with Crippen LogP contribution < -0.4 is 0 Å². The third-order valence-electron chi connectivity index (χ3n) is 1.87. The Labute approximate surface area is 88.5 Å². The number of thiol groups is 1. The molecule has 0 aliphatic rings. The molecular weight excluding hydrogens is 204 g/mol. The summed E-state index contributed by atoms with van der Waals surface area (Å²) in [5.41, 5.74) is 1.07. The van der Waals surface area contributed by atoms with Crippen LogP contribution in [0.3, 0.4) is 0 Å². The second-order valence-electron chi connectivity index (χ2n) is 2.72. The smallest absolute Gasteiger partial charge is 0.129 e. The van der Waals surface area contributed by atoms with Crippen LogP contribution in [-0.4, -0.2) is 17.1 Å². The van der Waals surface area contributed by atoms with Crippen molar-refractivity contribution >= 4 is 29.3 Å². The molecule has 0 fully saturated rings. The number of halogens is 1. The van der Waals surface area contributed by atoms with Gasteiger partial charge in [-0.2, -0.15) is 0 Å². The van der Waals surface area contributed by atoms with E-state index in [1.54, 1.807) is 19.3 Å². The largest absolute Gasteiger partial charge is 0.286 e. The van der Waals surface area contributed by atoms with Gasteiger partial charge < -0.3 is 0 Å². The zero-order chi connectivity index (χ0) is 9.84. The Morgan fingerprint density at radius 1 is 1.62 bits per heavy atom. The third kappa shape index (κ3) is 2.71. The van der Waals surface area contributed by atoms with Crippen molar-refractivity contribution < 1.29 is 0 Å². The highest BCUT2D eigenvalue weighted by Gasteiger charge is 2.08. The normalized spacial score (nSPS) is 14.3. The fourth-order valence-corrected chi connectivity index (χ4v) is 1.25. The van der Waals surface area contributed by atoms with Gasteiger partial charge in [0.15, 0.2) is 0 Å². The van der Waals surface area contributed by atoms with Gasteiger partial charge in [-0.05, 0) is 11.6 Å². The number of nitrogens with zero attached hydrogens (tertiary/aromatic N) is 2. The van der Waals surface area contributed by atoms with Crippen molar-refractivity contribution in [1.82, 2.24) is 4.98 Å². The second-order valence-corrected chi connectivity index (χ2v) is 3.56. The Hall–Kier alpha value is -0.540. The zero-order valence-electron chi connectivity index (χ0n) is 7.53. The van der Waals surface area contributed by atoms with Gasteiger partial charge in [0.2, 0.25) is 0 Å². The van der Waals surface area contributed by atoms with Crippen molar-refractivity contribution in [2.24, 2.45) is 4.99 Å². The number of pyridine rings is 1. The first kappa shape index (κ1) is 10.5. The number of rotatable bonds is 2. The zero-order valence-corrected chi connectivity index (χ0v) is 9.18. The highest BCUT2D eigenvalue weighted by atomic mass is 35.5. The Morgan fingerprint density at radius 3 is 2.77 bits per heavy atom. The first-order chi connectivity index (χ1) is 6.15. The number of aromatic nitrogens is 1. The van der Waals surface area contributed by atoms with Gasteiger partial charge in [-0.3, -0.25) is 4.99 Å². The van der Waals surface area contributed by atoms with E-state index >= 15 is 0 Å². The van der Waals surface area contributed by atoms with E-state index in [1.165, 1.54) is 0 Å². The molecule has 1 unspecified atom stereocenters. The summed E-state index contributed by atoms with van der Waals surface area (Å²) >= 11 is 9.92. The molecule has 0 aliphatic heterocycles. The van der Waals surface area contributed by atoms with Gasteiger partial charge in [0, 0.05) is 19.2 Å². The molecule has 0 aromatic carbocycles. The molecule has 0 N–H and O–H groups in total. The number of hydrogen-bond acceptors (Lipinski definition) is 2. The van der Waals surface area contributed by atoms with Crippen molar-refractivity contribution in [3.8, 4) is 0 Å². The van der Waals surface area contributed by atoms with Crippen molar-refractivity contribution in [3.05, 3.63) is 29.0 Å². The molecular formula is C9H11ClN2S. The van der Waals surface area contributed by atoms with Crippen LogP contribution in [0.1, 0.15) is 18.4 Å². The summed E-state index contributed by atoms with van der Waals surface area (Å²) in [5.74, 6) is 0.179. The molecule has 0 amide bonds. The van der Waals surface area contributed by atoms with E-state index in [2.05, 4.69) is 22.6 Å². The maximum atomic E-state index is 5.67. The van der Waals surface area contributed by atoms with Gasteiger partial charge in [0.25, 0.3) is 0 Å². The summed E-state index contributed by atoms with van der Waals surface area (Å²) in [6.45, 7) is 2.03. The molecule has 1 aromatic heterocycles. The van der Waals surface area contributed by atoms with Gasteiger partial charge in [-0.1, -0.05) is 24.6 Å². The van der Waals surface area contributed by atoms with Gasteiger partial charge in [0.05, 0.1) is 5.04 Å². The minimum atomic E-state index is 0.179. The average Bonchev–Trinajstić information content (AvgIpc) is 2.17. The first-order valence-corrected chi connectivity index (χ1v) is 4.74. The molecule has 0 bridgehead atoms. The van der Waals surface area contributed by atoms with Crippen molar-refractivity contribution in [2.75, 3.05) is 7.05 Å². The maximum Gasteiger partial charge on any atom is 0.129 e. The SMILES string of the molecule is C/N=C(\S)C(C)c1ccc(Cl)nc1. The highest BCUT2D eigenvalue weighted by molar-refractivity contribution is 7.97. The predicted molar refractivity (Wildman–Crippen MR) is 60.0 cm³/mol. The summed E-state index contributed by atoms with van der Waals surface area (Å²) in [6.07, 6.45) is 1.74. The van der Waals surface area contributed by atoms with Gasteiger partial charge in [0.1, 0.15) is 5.15 Å². The highest BCUT2D eigenvalue weighted by Crippen LogP contribution is 2.18. The van der Waals surface area contributed by atoms with E-state index in [0.717, 1.165) is 10.6 Å². The van der Waals surface area contributed by atoms with Crippen LogP contribution in [0.5, 0.6) is 0 Å². The molecule has 13 heavy (non-hydrogen) atoms. The molecule has 1 aromatic rings. The molecule has 0 aliphatic carbocycles. The molecule has 1 heterocycles. The molecule has 2 nitrogen and oxygen atoms in total. The molecule has 0 radical (unpaired) electrons. The lowest BCUT2D eigenvalue weighted by Crippen LogP contribution is -2.02. The van der Waals surface area contributed by atoms with E-state index < -0.39 is 0 Å². The van der Waals surface area contributed by atoms with Gasteiger partial charge in [-0.15, -0.1) is 12.6 Å². The molecule has 0 spiro atoms. The van der Waals surface area contributed by atoms with Crippen molar-refractivity contribution in [3.63, 3.8) is 0 Å². The Morgan fingerprint density at radius 2 is 2.31 bits per heavy atom. The first-order valence-electron chi connectivity index (χ1n) is 3.92. The third-order valence-corrected chi connectivity index (χ3v) is 2.68. The summed E-state index contributed by atoms with van der Waals surface area (Å²) in [5, 5.41) is 1.30. The fourth-order valence-electron chi connectivity index (χ4n) is 0.986. The standard InChI is InChI=1S/C9H11ClN2S/c1-6(9(13)11-2)7-3-4-8(10)12-5-7/h3-6H,1-2H3,(H,11,13). The average molecular weight is 215 g/mol. The van der Waals surface area contributed by atoms with E-state index in [9.17, 15) is 0 Å². The van der Waals surface area contributed by atoms with E-state index in [0.29, 0.717) is 5.15 Å². The van der Waals surface area contributed by atoms with Crippen LogP contribution >= 0.6 is 24.2 Å². The monoisotopic (exact) mass is 214 g/mol. The number of aliphatic imine (C=N–C) groups is 1. The molecule has 4 heteroatoms. The summed E-state index contributed by atoms with van der Waals surface area (Å²) in [4.78, 5) is 8.00. The van der Waals surface area contributed by atoms with Gasteiger partial charge in [-0.25, -0.2) is 4.98 Å². The van der Waals surface area contributed by atoms with E-state index in [4.69, 9.17) is 11.6 Å². The minimum absolute atomic E-state index is 0.179. The summed E-state index contributed by atoms with van der Waals surface area (Å²) in [6, 6.07) is 3.70. The molecule has 0 saturated carbocycles. The maximum absolute atomic E-state index is 5.67. The fraction of sp³-hybridized carbons (Fsp3) is 0.333. The summed E-state index contributed by atoms with van der Waals surface area (Å²) in [7, 11) is 1.72. The van der Waals surface area contributed by atoms with Crippen LogP contribution in [0.2, 0.25) is 5.15 Å². The molecule has 0 saturated heterocycles. The molecule has 1 atom stereocenters. The van der Waals surface area contributed by atoms with E-state index in [1.807, 2.05) is 13.0 Å². The Kier molecular flexibility index (Phi) is 3.75. The molecule has 1 rings (SSSR count). The van der Waals surface area contributed by atoms with Crippen molar-refractivity contribution in [1.29, 1.82) is 0 Å². The van der Waals surface area contributed by atoms with E-state index in [-0.39, 0.29) is 5.92 Å². The number of hydrogen-bond donors (Lipinski definition) is 1. The summed E-state index contributed by atoms with van der Waals surface area (Å²) < 4.78 is 0. The lowest BCUT2D eigenvalue weighted by atomic mass is 10.1. The van der Waals surface area contributed by atoms with Crippen molar-refractivity contribution in [2.45, 2.75) is 12.8 Å². The lowest BCUT2D eigenvalue weighted by molar-refractivity contribution is 1.01. The quantitative estimate of drug-likeness (QED) is 0.348. The van der Waals surface area contributed by atoms with Gasteiger partial charge >= 0.3 is 0 Å². The topological polar surface area (TPSA) is 25.2 Å². The van der Waals surface area contributed by atoms with Crippen LogP contribution in [0.15, 0.2) is 23.3 Å². The Bertz CT molecular complexity index is 308. The lowest BCUT2D eigenvalue weighted by Gasteiger charge is -2.09. The Balaban J connectivity index is 2.89. The van der Waals surface area contributed by atoms with Crippen LogP contribution in [0, 0.1) is 0 Å². The van der Waals surface area contributed by atoms with Crippen LogP contribution in [0.4, 0.5) is 0 Å². The molecule has 70 valence electrons. The van der Waals surface area contributed by atoms with Crippen LogP contribution in [0.25, 0.3) is 0 Å². The minimum Gasteiger partial charge on any atom is -0.286 e. The second kappa shape index (κ2) is 4.63. The van der Waals surface area contributed by atoms with Crippen LogP contribution in [-0.2, 0) is 0 Å².